The lowest BCUT2D eigenvalue weighted by atomic mass is 10.1. The molecule has 0 spiro atoms. The van der Waals surface area contributed by atoms with Gasteiger partial charge in [-0.1, -0.05) is 23.8 Å². The Balaban J connectivity index is 1.34. The first-order valence-corrected chi connectivity index (χ1v) is 12.2. The summed E-state index contributed by atoms with van der Waals surface area (Å²) in [7, 11) is 0. The Labute approximate surface area is 192 Å². The summed E-state index contributed by atoms with van der Waals surface area (Å²) in [5.74, 6) is 0.537. The largest absolute Gasteiger partial charge is 0.340 e. The molecule has 1 fully saturated rings. The topological polar surface area (TPSA) is 82.6 Å². The molecular weight excluding hydrogens is 432 g/mol. The van der Waals surface area contributed by atoms with Crippen molar-refractivity contribution in [2.24, 2.45) is 0 Å². The minimum absolute atomic E-state index is 0.0775. The number of Topliss-reactive ketones (excluding diaryl/α,β-unsaturated/α-hetero) is 1. The molecule has 7 nitrogen and oxygen atoms in total. The van der Waals surface area contributed by atoms with E-state index in [-0.39, 0.29) is 17.6 Å². The van der Waals surface area contributed by atoms with Crippen LogP contribution in [0.4, 0.5) is 5.13 Å². The number of fused-ring (bicyclic) bond motifs is 1. The van der Waals surface area contributed by atoms with Crippen molar-refractivity contribution in [3.8, 4) is 0 Å². The van der Waals surface area contributed by atoms with Crippen LogP contribution in [0.5, 0.6) is 0 Å². The van der Waals surface area contributed by atoms with Crippen LogP contribution >= 0.6 is 24.0 Å². The van der Waals surface area contributed by atoms with E-state index in [0.29, 0.717) is 56.4 Å². The molecule has 2 amide bonds. The number of aromatic nitrogens is 1. The number of carbonyl (C=O) groups is 3. The molecule has 1 aromatic carbocycles. The predicted octanol–water partition coefficient (Wildman–Crippen LogP) is 3.14. The van der Waals surface area contributed by atoms with Gasteiger partial charge in [0.25, 0.3) is 0 Å². The number of carbonyl (C=O) groups excluding carboxylic acids is 3. The van der Waals surface area contributed by atoms with E-state index in [0.717, 1.165) is 29.5 Å². The second-order valence-corrected chi connectivity index (χ2v) is 9.30. The highest BCUT2D eigenvalue weighted by Crippen LogP contribution is 2.26. The van der Waals surface area contributed by atoms with E-state index in [1.807, 2.05) is 24.0 Å². The van der Waals surface area contributed by atoms with Gasteiger partial charge in [-0.15, -0.1) is 0 Å². The van der Waals surface area contributed by atoms with Crippen LogP contribution < -0.4 is 5.32 Å². The van der Waals surface area contributed by atoms with Gasteiger partial charge >= 0.3 is 0 Å². The summed E-state index contributed by atoms with van der Waals surface area (Å²) in [6.45, 7) is 5.00. The number of hydrogen-bond acceptors (Lipinski definition) is 7. The summed E-state index contributed by atoms with van der Waals surface area (Å²) in [4.78, 5) is 44.4. The molecule has 0 radical (unpaired) electrons. The number of piperazine rings is 1. The average molecular weight is 463 g/mol. The number of benzene rings is 1. The lowest BCUT2D eigenvalue weighted by Gasteiger charge is -2.34. The Bertz CT molecular complexity index is 923. The van der Waals surface area contributed by atoms with Gasteiger partial charge in [-0.25, -0.2) is 4.98 Å². The van der Waals surface area contributed by atoms with E-state index in [4.69, 9.17) is 0 Å². The van der Waals surface area contributed by atoms with Crippen LogP contribution in [0, 0.1) is 6.92 Å². The van der Waals surface area contributed by atoms with Gasteiger partial charge in [-0.3, -0.25) is 19.3 Å². The summed E-state index contributed by atoms with van der Waals surface area (Å²) < 4.78 is 1.07. The number of anilines is 1. The van der Waals surface area contributed by atoms with E-state index in [2.05, 4.69) is 33.9 Å². The molecule has 3 rings (SSSR count). The molecule has 1 saturated heterocycles. The fraction of sp³-hybridized carbons (Fsp3) is 0.545. The highest BCUT2D eigenvalue weighted by Gasteiger charge is 2.22. The van der Waals surface area contributed by atoms with Crippen molar-refractivity contribution in [3.05, 3.63) is 23.8 Å². The molecule has 168 valence electrons. The lowest BCUT2D eigenvalue weighted by molar-refractivity contribution is -0.133. The molecule has 31 heavy (non-hydrogen) atoms. The second-order valence-electron chi connectivity index (χ2n) is 7.95. The Kier molecular flexibility index (Phi) is 8.86. The van der Waals surface area contributed by atoms with E-state index < -0.39 is 0 Å². The van der Waals surface area contributed by atoms with E-state index >= 15 is 0 Å². The van der Waals surface area contributed by atoms with Gasteiger partial charge < -0.3 is 10.2 Å². The molecule has 0 unspecified atom stereocenters. The summed E-state index contributed by atoms with van der Waals surface area (Å²) in [6, 6.07) is 6.05. The highest BCUT2D eigenvalue weighted by molar-refractivity contribution is 7.81. The standard InChI is InChI=1S/C22H30N4O3S2/c1-16-7-8-18-19(13-16)31-22(23-18)24-20(28)14-25-9-11-26(12-10-25)21(29)6-4-2-3-5-17(27)15-30/h7-8,13,30H,2-6,9-12,14-15H2,1H3,(H,23,24,28). The van der Waals surface area contributed by atoms with Crippen molar-refractivity contribution in [1.82, 2.24) is 14.8 Å². The molecule has 2 heterocycles. The molecule has 0 saturated carbocycles. The van der Waals surface area contributed by atoms with Crippen molar-refractivity contribution in [2.75, 3.05) is 43.8 Å². The van der Waals surface area contributed by atoms with E-state index in [9.17, 15) is 14.4 Å². The molecule has 9 heteroatoms. The summed E-state index contributed by atoms with van der Waals surface area (Å²) in [5, 5.41) is 3.52. The number of rotatable bonds is 10. The third-order valence-electron chi connectivity index (χ3n) is 5.41. The summed E-state index contributed by atoms with van der Waals surface area (Å²) in [5.41, 5.74) is 2.07. The molecular formula is C22H30N4O3S2. The molecule has 0 bridgehead atoms. The SMILES string of the molecule is Cc1ccc2nc(NC(=O)CN3CCN(C(=O)CCCCCC(=O)CS)CC3)sc2c1. The number of hydrogen-bond donors (Lipinski definition) is 2. The Morgan fingerprint density at radius 3 is 2.58 bits per heavy atom. The average Bonchev–Trinajstić information content (AvgIpc) is 3.14. The Morgan fingerprint density at radius 2 is 1.84 bits per heavy atom. The Morgan fingerprint density at radius 1 is 1.10 bits per heavy atom. The maximum absolute atomic E-state index is 12.4. The van der Waals surface area contributed by atoms with Crippen molar-refractivity contribution >= 4 is 56.9 Å². The van der Waals surface area contributed by atoms with Crippen molar-refractivity contribution in [1.29, 1.82) is 0 Å². The van der Waals surface area contributed by atoms with Gasteiger partial charge in [-0.2, -0.15) is 12.6 Å². The molecule has 1 aromatic heterocycles. The van der Waals surface area contributed by atoms with Crippen LogP contribution in [-0.4, -0.2) is 70.9 Å². The number of nitrogens with zero attached hydrogens (tertiary/aromatic N) is 3. The minimum atomic E-state index is -0.0775. The van der Waals surface area contributed by atoms with Gasteiger partial charge in [0.15, 0.2) is 5.13 Å². The zero-order chi connectivity index (χ0) is 22.2. The fourth-order valence-electron chi connectivity index (χ4n) is 3.61. The third-order valence-corrected chi connectivity index (χ3v) is 6.69. The normalized spacial score (nSPS) is 14.7. The van der Waals surface area contributed by atoms with Gasteiger partial charge in [0.2, 0.25) is 11.8 Å². The van der Waals surface area contributed by atoms with Crippen LogP contribution in [0.1, 0.15) is 37.7 Å². The number of thiazole rings is 1. The van der Waals surface area contributed by atoms with Gasteiger partial charge in [0.05, 0.1) is 16.8 Å². The first kappa shape index (κ1) is 23.7. The molecule has 2 aromatic rings. The van der Waals surface area contributed by atoms with Crippen LogP contribution in [0.3, 0.4) is 0 Å². The number of unbranched alkanes of at least 4 members (excludes halogenated alkanes) is 2. The molecule has 1 aliphatic rings. The molecule has 1 aliphatic heterocycles. The molecule has 0 aliphatic carbocycles. The zero-order valence-corrected chi connectivity index (χ0v) is 19.6. The van der Waals surface area contributed by atoms with Gasteiger partial charge in [0.1, 0.15) is 5.78 Å². The first-order valence-electron chi connectivity index (χ1n) is 10.7. The second kappa shape index (κ2) is 11.6. The number of thiol groups is 1. The Hall–Kier alpha value is -1.97. The van der Waals surface area contributed by atoms with E-state index in [1.165, 1.54) is 16.9 Å². The van der Waals surface area contributed by atoms with Crippen LogP contribution in [0.2, 0.25) is 0 Å². The predicted molar refractivity (Wildman–Crippen MR) is 128 cm³/mol. The first-order chi connectivity index (χ1) is 14.9. The van der Waals surface area contributed by atoms with Crippen LogP contribution in [-0.2, 0) is 14.4 Å². The number of aryl methyl sites for hydroxylation is 1. The highest BCUT2D eigenvalue weighted by atomic mass is 32.1. The lowest BCUT2D eigenvalue weighted by Crippen LogP contribution is -2.50. The van der Waals surface area contributed by atoms with Crippen molar-refractivity contribution < 1.29 is 14.4 Å². The smallest absolute Gasteiger partial charge is 0.240 e. The maximum Gasteiger partial charge on any atom is 0.240 e. The van der Waals surface area contributed by atoms with Crippen molar-refractivity contribution in [3.63, 3.8) is 0 Å². The van der Waals surface area contributed by atoms with Crippen LogP contribution in [0.25, 0.3) is 10.2 Å². The quantitative estimate of drug-likeness (QED) is 0.419. The van der Waals surface area contributed by atoms with Gasteiger partial charge in [0, 0.05) is 44.8 Å². The molecule has 0 atom stereocenters. The maximum atomic E-state index is 12.4. The minimum Gasteiger partial charge on any atom is -0.340 e. The monoisotopic (exact) mass is 462 g/mol. The fourth-order valence-corrected chi connectivity index (χ4v) is 4.75. The van der Waals surface area contributed by atoms with E-state index in [1.54, 1.807) is 0 Å². The number of amides is 2. The van der Waals surface area contributed by atoms with Crippen molar-refractivity contribution in [2.45, 2.75) is 39.0 Å². The number of nitrogens with one attached hydrogen (secondary N) is 1. The summed E-state index contributed by atoms with van der Waals surface area (Å²) >= 11 is 5.45. The molecule has 1 N–H and O–H groups in total. The van der Waals surface area contributed by atoms with Crippen LogP contribution in [0.15, 0.2) is 18.2 Å². The zero-order valence-electron chi connectivity index (χ0n) is 17.9. The number of ketones is 1. The summed E-state index contributed by atoms with van der Waals surface area (Å²) in [6.07, 6.45) is 3.59. The van der Waals surface area contributed by atoms with Gasteiger partial charge in [-0.05, 0) is 37.5 Å². The third kappa shape index (κ3) is 7.29.